The molecule has 1 aliphatic heterocycles. The molecule has 1 aliphatic rings. The molecule has 5 heterocycles. The zero-order chi connectivity index (χ0) is 36.0. The van der Waals surface area contributed by atoms with Gasteiger partial charge in [-0.15, -0.1) is 22.7 Å². The number of thiophene rings is 2. The van der Waals surface area contributed by atoms with Gasteiger partial charge in [0.05, 0.1) is 28.0 Å². The van der Waals surface area contributed by atoms with Crippen LogP contribution in [0.5, 0.6) is 0 Å². The second-order valence-electron chi connectivity index (χ2n) is 12.6. The number of carbonyl (C=O) groups is 3. The standard InChI is InChI=1S/C39H36N8O3S2/c1-24-5-10-29(43-37(49)27-20-30(23-40-22-27)44-38(50)35-12-11-34(52-35)33-4-3-19-51-33)21-32(24)46-39-41-16-13-31(45-39)25-6-8-26(9-7-25)36(48)42-28-14-17-47(2)18-15-28/h3-13,16,19-23,28H,14-15,17-18H2,1-2H3,(H,42,48)(H,43,49)(H,44,50)(H,41,45,46). The maximum Gasteiger partial charge on any atom is 0.265 e. The molecule has 1 saturated heterocycles. The molecular weight excluding hydrogens is 693 g/mol. The number of hydrogen-bond donors (Lipinski definition) is 4. The second kappa shape index (κ2) is 15.6. The first-order valence-electron chi connectivity index (χ1n) is 16.8. The Bertz CT molecular complexity index is 2210. The lowest BCUT2D eigenvalue weighted by Gasteiger charge is -2.29. The highest BCUT2D eigenvalue weighted by Crippen LogP contribution is 2.32. The molecule has 0 atom stereocenters. The first-order valence-corrected chi connectivity index (χ1v) is 18.5. The van der Waals surface area contributed by atoms with E-state index in [4.69, 9.17) is 4.98 Å². The van der Waals surface area contributed by atoms with Gasteiger partial charge < -0.3 is 26.2 Å². The Morgan fingerprint density at radius 2 is 1.62 bits per heavy atom. The molecule has 262 valence electrons. The second-order valence-corrected chi connectivity index (χ2v) is 14.6. The predicted octanol–water partition coefficient (Wildman–Crippen LogP) is 7.71. The van der Waals surface area contributed by atoms with Crippen molar-refractivity contribution < 1.29 is 14.4 Å². The molecule has 0 saturated carbocycles. The maximum absolute atomic E-state index is 13.3. The third kappa shape index (κ3) is 8.40. The van der Waals surface area contributed by atoms with Crippen molar-refractivity contribution in [2.45, 2.75) is 25.8 Å². The van der Waals surface area contributed by atoms with Crippen LogP contribution in [0.2, 0.25) is 0 Å². The number of aromatic nitrogens is 3. The van der Waals surface area contributed by atoms with Crippen LogP contribution >= 0.6 is 22.7 Å². The topological polar surface area (TPSA) is 141 Å². The molecular formula is C39H36N8O3S2. The quantitative estimate of drug-likeness (QED) is 0.112. The Labute approximate surface area is 309 Å². The fourth-order valence-corrected chi connectivity index (χ4v) is 7.52. The molecule has 3 amide bonds. The summed E-state index contributed by atoms with van der Waals surface area (Å²) in [6.45, 7) is 3.91. The number of piperidine rings is 1. The van der Waals surface area contributed by atoms with Gasteiger partial charge in [-0.05, 0) is 105 Å². The first-order chi connectivity index (χ1) is 25.3. The van der Waals surface area contributed by atoms with Crippen molar-refractivity contribution in [3.8, 4) is 21.0 Å². The summed E-state index contributed by atoms with van der Waals surface area (Å²) in [6.07, 6.45) is 6.53. The van der Waals surface area contributed by atoms with Crippen molar-refractivity contribution >= 4 is 63.4 Å². The molecule has 0 unspecified atom stereocenters. The van der Waals surface area contributed by atoms with Crippen molar-refractivity contribution in [1.82, 2.24) is 25.2 Å². The Morgan fingerprint density at radius 3 is 2.40 bits per heavy atom. The van der Waals surface area contributed by atoms with Crippen LogP contribution in [-0.2, 0) is 0 Å². The minimum atomic E-state index is -0.378. The van der Waals surface area contributed by atoms with Gasteiger partial charge in [-0.3, -0.25) is 19.4 Å². The van der Waals surface area contributed by atoms with Crippen LogP contribution in [0, 0.1) is 6.92 Å². The van der Waals surface area contributed by atoms with Crippen LogP contribution in [0.25, 0.3) is 21.0 Å². The van der Waals surface area contributed by atoms with Crippen molar-refractivity contribution in [1.29, 1.82) is 0 Å². The zero-order valence-electron chi connectivity index (χ0n) is 28.6. The Balaban J connectivity index is 0.977. The maximum atomic E-state index is 13.3. The largest absolute Gasteiger partial charge is 0.349 e. The summed E-state index contributed by atoms with van der Waals surface area (Å²) in [5, 5.41) is 14.2. The third-order valence-electron chi connectivity index (χ3n) is 8.75. The van der Waals surface area contributed by atoms with Crippen LogP contribution in [0.3, 0.4) is 0 Å². The highest BCUT2D eigenvalue weighted by molar-refractivity contribution is 7.22. The van der Waals surface area contributed by atoms with Gasteiger partial charge in [0.2, 0.25) is 5.95 Å². The summed E-state index contributed by atoms with van der Waals surface area (Å²) < 4.78 is 0. The average Bonchev–Trinajstić information content (AvgIpc) is 3.88. The van der Waals surface area contributed by atoms with Gasteiger partial charge >= 0.3 is 0 Å². The summed E-state index contributed by atoms with van der Waals surface area (Å²) in [6, 6.07) is 24.2. The minimum Gasteiger partial charge on any atom is -0.349 e. The molecule has 0 spiro atoms. The summed E-state index contributed by atoms with van der Waals surface area (Å²) in [7, 11) is 2.10. The van der Waals surface area contributed by atoms with Gasteiger partial charge in [-0.1, -0.05) is 24.3 Å². The average molecular weight is 729 g/mol. The van der Waals surface area contributed by atoms with E-state index in [1.807, 2.05) is 73.0 Å². The van der Waals surface area contributed by atoms with Gasteiger partial charge in [0.25, 0.3) is 17.7 Å². The van der Waals surface area contributed by atoms with Crippen molar-refractivity contribution in [2.24, 2.45) is 0 Å². The predicted molar refractivity (Wildman–Crippen MR) is 208 cm³/mol. The van der Waals surface area contributed by atoms with E-state index >= 15 is 0 Å². The van der Waals surface area contributed by atoms with E-state index in [2.05, 4.69) is 43.2 Å². The fraction of sp³-hybridized carbons (Fsp3) is 0.179. The number of pyridine rings is 1. The number of anilines is 4. The van der Waals surface area contributed by atoms with Crippen LogP contribution in [0.15, 0.2) is 103 Å². The number of nitrogens with zero attached hydrogens (tertiary/aromatic N) is 4. The lowest BCUT2D eigenvalue weighted by Crippen LogP contribution is -2.43. The number of hydrogen-bond acceptors (Lipinski definition) is 10. The number of likely N-dealkylation sites (tertiary alicyclic amines) is 1. The molecule has 0 bridgehead atoms. The molecule has 4 aromatic heterocycles. The Kier molecular flexibility index (Phi) is 10.4. The molecule has 1 fully saturated rings. The molecule has 4 N–H and O–H groups in total. The van der Waals surface area contributed by atoms with E-state index in [0.717, 1.165) is 46.8 Å². The van der Waals surface area contributed by atoms with Gasteiger partial charge in [0.1, 0.15) is 0 Å². The van der Waals surface area contributed by atoms with Crippen LogP contribution in [0.1, 0.15) is 48.8 Å². The van der Waals surface area contributed by atoms with Crippen molar-refractivity contribution in [2.75, 3.05) is 36.1 Å². The molecule has 0 aliphatic carbocycles. The van der Waals surface area contributed by atoms with Crippen LogP contribution < -0.4 is 21.3 Å². The summed E-state index contributed by atoms with van der Waals surface area (Å²) in [5.41, 5.74) is 5.06. The van der Waals surface area contributed by atoms with Gasteiger partial charge in [0, 0.05) is 50.7 Å². The van der Waals surface area contributed by atoms with Crippen molar-refractivity contribution in [3.05, 3.63) is 124 Å². The normalized spacial score (nSPS) is 13.3. The molecule has 52 heavy (non-hydrogen) atoms. The lowest BCUT2D eigenvalue weighted by molar-refractivity contribution is 0.0915. The Morgan fingerprint density at radius 1 is 0.808 bits per heavy atom. The Hall–Kier alpha value is -5.76. The van der Waals surface area contributed by atoms with Crippen molar-refractivity contribution in [3.63, 3.8) is 0 Å². The minimum absolute atomic E-state index is 0.0675. The number of nitrogens with one attached hydrogen (secondary N) is 4. The summed E-state index contributed by atoms with van der Waals surface area (Å²) >= 11 is 3.03. The van der Waals surface area contributed by atoms with Crippen LogP contribution in [-0.4, -0.2) is 63.8 Å². The van der Waals surface area contributed by atoms with Crippen LogP contribution in [0.4, 0.5) is 23.0 Å². The van der Waals surface area contributed by atoms with E-state index in [1.165, 1.54) is 23.7 Å². The van der Waals surface area contributed by atoms with E-state index in [0.29, 0.717) is 44.7 Å². The van der Waals surface area contributed by atoms with E-state index in [1.54, 1.807) is 35.7 Å². The van der Waals surface area contributed by atoms with E-state index < -0.39 is 0 Å². The fourth-order valence-electron chi connectivity index (χ4n) is 5.79. The van der Waals surface area contributed by atoms with Gasteiger partial charge in [-0.25, -0.2) is 9.97 Å². The number of carbonyl (C=O) groups excluding carboxylic acids is 3. The third-order valence-corrected chi connectivity index (χ3v) is 10.9. The molecule has 11 nitrogen and oxygen atoms in total. The van der Waals surface area contributed by atoms with Gasteiger partial charge in [0.15, 0.2) is 0 Å². The zero-order valence-corrected chi connectivity index (χ0v) is 30.2. The van der Waals surface area contributed by atoms with Gasteiger partial charge in [-0.2, -0.15) is 0 Å². The molecule has 7 rings (SSSR count). The molecule has 13 heteroatoms. The number of benzene rings is 2. The lowest BCUT2D eigenvalue weighted by atomic mass is 10.0. The van der Waals surface area contributed by atoms with E-state index in [9.17, 15) is 14.4 Å². The highest BCUT2D eigenvalue weighted by atomic mass is 32.1. The first kappa shape index (κ1) is 34.7. The smallest absolute Gasteiger partial charge is 0.265 e. The number of amides is 3. The molecule has 2 aromatic carbocycles. The number of aryl methyl sites for hydroxylation is 1. The highest BCUT2D eigenvalue weighted by Gasteiger charge is 2.19. The monoisotopic (exact) mass is 728 g/mol. The molecule has 6 aromatic rings. The number of rotatable bonds is 10. The SMILES string of the molecule is Cc1ccc(NC(=O)c2cncc(NC(=O)c3ccc(-c4cccs4)s3)c2)cc1Nc1nccc(-c2ccc(C(=O)NC3CCN(C)CC3)cc2)n1. The molecule has 0 radical (unpaired) electrons. The van der Waals surface area contributed by atoms with E-state index in [-0.39, 0.29) is 23.8 Å². The summed E-state index contributed by atoms with van der Waals surface area (Å²) in [4.78, 5) is 57.3. The summed E-state index contributed by atoms with van der Waals surface area (Å²) in [5.74, 6) is -0.331.